The van der Waals surface area contributed by atoms with Gasteiger partial charge in [0.1, 0.15) is 12.5 Å². The van der Waals surface area contributed by atoms with Crippen LogP contribution in [0.4, 0.5) is 11.4 Å². The molecule has 0 bridgehead atoms. The highest BCUT2D eigenvalue weighted by Crippen LogP contribution is 2.34. The molecule has 0 radical (unpaired) electrons. The summed E-state index contributed by atoms with van der Waals surface area (Å²) in [5, 5.41) is 6.91. The third-order valence-corrected chi connectivity index (χ3v) is 3.38. The van der Waals surface area contributed by atoms with Gasteiger partial charge in [0.15, 0.2) is 0 Å². The number of anilines is 2. The minimum absolute atomic E-state index is 0.307. The maximum atomic E-state index is 5.19. The fraction of sp³-hybridized carbons (Fsp3) is 0.286. The SMILES string of the molecule is Cc1cccc(C)c1C1CNc2cocc2N1. The second-order valence-electron chi connectivity index (χ2n) is 4.58. The number of rotatable bonds is 1. The van der Waals surface area contributed by atoms with Crippen LogP contribution < -0.4 is 10.6 Å². The van der Waals surface area contributed by atoms with Crippen LogP contribution in [-0.4, -0.2) is 6.54 Å². The lowest BCUT2D eigenvalue weighted by Gasteiger charge is -2.28. The number of hydrogen-bond donors (Lipinski definition) is 2. The van der Waals surface area contributed by atoms with Crippen molar-refractivity contribution >= 4 is 11.4 Å². The van der Waals surface area contributed by atoms with Gasteiger partial charge in [0.25, 0.3) is 0 Å². The van der Waals surface area contributed by atoms with E-state index in [0.717, 1.165) is 17.9 Å². The largest absolute Gasteiger partial charge is 0.468 e. The van der Waals surface area contributed by atoms with Crippen LogP contribution >= 0.6 is 0 Å². The predicted molar refractivity (Wildman–Crippen MR) is 69.5 cm³/mol. The van der Waals surface area contributed by atoms with E-state index in [0.29, 0.717) is 6.04 Å². The van der Waals surface area contributed by atoms with Crippen LogP contribution in [0, 0.1) is 13.8 Å². The van der Waals surface area contributed by atoms with E-state index in [9.17, 15) is 0 Å². The smallest absolute Gasteiger partial charge is 0.116 e. The zero-order chi connectivity index (χ0) is 11.8. The average molecular weight is 228 g/mol. The van der Waals surface area contributed by atoms with Gasteiger partial charge in [-0.25, -0.2) is 0 Å². The third-order valence-electron chi connectivity index (χ3n) is 3.38. The summed E-state index contributed by atoms with van der Waals surface area (Å²) >= 11 is 0. The number of aryl methyl sites for hydroxylation is 2. The van der Waals surface area contributed by atoms with E-state index in [1.54, 1.807) is 12.5 Å². The van der Waals surface area contributed by atoms with E-state index >= 15 is 0 Å². The van der Waals surface area contributed by atoms with Gasteiger partial charge < -0.3 is 15.1 Å². The van der Waals surface area contributed by atoms with E-state index in [1.165, 1.54) is 16.7 Å². The van der Waals surface area contributed by atoms with Crippen molar-refractivity contribution < 1.29 is 4.42 Å². The Hall–Kier alpha value is -1.90. The summed E-state index contributed by atoms with van der Waals surface area (Å²) in [4.78, 5) is 0. The summed E-state index contributed by atoms with van der Waals surface area (Å²) in [5.74, 6) is 0. The maximum Gasteiger partial charge on any atom is 0.116 e. The Bertz CT molecular complexity index is 525. The normalized spacial score (nSPS) is 18.1. The second-order valence-corrected chi connectivity index (χ2v) is 4.58. The molecule has 1 unspecified atom stereocenters. The Labute approximate surface area is 101 Å². The Morgan fingerprint density at radius 3 is 2.59 bits per heavy atom. The number of nitrogens with one attached hydrogen (secondary N) is 2. The fourth-order valence-electron chi connectivity index (χ4n) is 2.55. The summed E-state index contributed by atoms with van der Waals surface area (Å²) in [7, 11) is 0. The van der Waals surface area contributed by atoms with Crippen LogP contribution in [0.2, 0.25) is 0 Å². The Kier molecular flexibility index (Phi) is 2.32. The molecule has 2 aromatic rings. The van der Waals surface area contributed by atoms with Crippen molar-refractivity contribution in [2.45, 2.75) is 19.9 Å². The Morgan fingerprint density at radius 1 is 1.12 bits per heavy atom. The van der Waals surface area contributed by atoms with E-state index in [4.69, 9.17) is 4.42 Å². The molecule has 2 heterocycles. The number of hydrogen-bond acceptors (Lipinski definition) is 3. The number of fused-ring (bicyclic) bond motifs is 1. The molecule has 0 aliphatic carbocycles. The first kappa shape index (κ1) is 10.3. The van der Waals surface area contributed by atoms with E-state index < -0.39 is 0 Å². The standard InChI is InChI=1S/C14H16N2O/c1-9-4-3-5-10(2)14(9)11-6-15-12-7-17-8-13(12)16-11/h3-5,7-8,11,15-16H,6H2,1-2H3. The molecule has 0 saturated carbocycles. The zero-order valence-electron chi connectivity index (χ0n) is 10.1. The molecule has 1 aromatic heterocycles. The molecule has 1 aromatic carbocycles. The van der Waals surface area contributed by atoms with Gasteiger partial charge >= 0.3 is 0 Å². The van der Waals surface area contributed by atoms with Crippen molar-refractivity contribution in [3.63, 3.8) is 0 Å². The molecule has 0 saturated heterocycles. The average Bonchev–Trinajstić information content (AvgIpc) is 2.76. The predicted octanol–water partition coefficient (Wildman–Crippen LogP) is 3.48. The van der Waals surface area contributed by atoms with Crippen molar-refractivity contribution in [2.24, 2.45) is 0 Å². The lowest BCUT2D eigenvalue weighted by Crippen LogP contribution is -2.26. The van der Waals surface area contributed by atoms with Gasteiger partial charge in [-0.3, -0.25) is 0 Å². The summed E-state index contributed by atoms with van der Waals surface area (Å²) in [5.41, 5.74) is 6.13. The molecule has 3 rings (SSSR count). The van der Waals surface area contributed by atoms with Gasteiger partial charge in [-0.15, -0.1) is 0 Å². The van der Waals surface area contributed by atoms with Gasteiger partial charge in [-0.05, 0) is 30.5 Å². The third kappa shape index (κ3) is 1.68. The first-order valence-electron chi connectivity index (χ1n) is 5.88. The molecule has 3 heteroatoms. The van der Waals surface area contributed by atoms with Crippen molar-refractivity contribution in [1.82, 2.24) is 0 Å². The Morgan fingerprint density at radius 2 is 1.82 bits per heavy atom. The molecule has 1 atom stereocenters. The first-order valence-corrected chi connectivity index (χ1v) is 5.88. The van der Waals surface area contributed by atoms with E-state index in [1.807, 2.05) is 0 Å². The van der Waals surface area contributed by atoms with E-state index in [2.05, 4.69) is 42.7 Å². The molecule has 0 spiro atoms. The summed E-state index contributed by atoms with van der Waals surface area (Å²) < 4.78 is 5.19. The maximum absolute atomic E-state index is 5.19. The molecule has 1 aliphatic heterocycles. The van der Waals surface area contributed by atoms with Gasteiger partial charge in [-0.2, -0.15) is 0 Å². The van der Waals surface area contributed by atoms with Crippen LogP contribution in [0.1, 0.15) is 22.7 Å². The van der Waals surface area contributed by atoms with Gasteiger partial charge in [-0.1, -0.05) is 18.2 Å². The van der Waals surface area contributed by atoms with Crippen LogP contribution in [0.15, 0.2) is 35.1 Å². The highest BCUT2D eigenvalue weighted by atomic mass is 16.3. The van der Waals surface area contributed by atoms with Gasteiger partial charge in [0, 0.05) is 6.54 Å². The minimum atomic E-state index is 0.307. The lowest BCUT2D eigenvalue weighted by molar-refractivity contribution is 0.569. The minimum Gasteiger partial charge on any atom is -0.468 e. The molecule has 2 N–H and O–H groups in total. The highest BCUT2D eigenvalue weighted by Gasteiger charge is 2.22. The van der Waals surface area contributed by atoms with Gasteiger partial charge in [0.2, 0.25) is 0 Å². The van der Waals surface area contributed by atoms with E-state index in [-0.39, 0.29) is 0 Å². The zero-order valence-corrected chi connectivity index (χ0v) is 10.1. The topological polar surface area (TPSA) is 37.2 Å². The molecular formula is C14H16N2O. The number of benzene rings is 1. The van der Waals surface area contributed by atoms with Crippen molar-refractivity contribution in [3.05, 3.63) is 47.4 Å². The summed E-state index contributed by atoms with van der Waals surface area (Å²) in [6.45, 7) is 5.21. The molecule has 0 amide bonds. The van der Waals surface area contributed by atoms with Crippen LogP contribution in [0.5, 0.6) is 0 Å². The molecule has 0 fully saturated rings. The molecule has 3 nitrogen and oxygen atoms in total. The second kappa shape index (κ2) is 3.84. The van der Waals surface area contributed by atoms with Crippen LogP contribution in [0.25, 0.3) is 0 Å². The van der Waals surface area contributed by atoms with Crippen molar-refractivity contribution in [2.75, 3.05) is 17.2 Å². The number of furan rings is 1. The Balaban J connectivity index is 1.97. The summed E-state index contributed by atoms with van der Waals surface area (Å²) in [6, 6.07) is 6.73. The van der Waals surface area contributed by atoms with Gasteiger partial charge in [0.05, 0.1) is 17.4 Å². The molecular weight excluding hydrogens is 212 g/mol. The summed E-state index contributed by atoms with van der Waals surface area (Å²) in [6.07, 6.45) is 3.49. The fourth-order valence-corrected chi connectivity index (χ4v) is 2.55. The molecule has 17 heavy (non-hydrogen) atoms. The van der Waals surface area contributed by atoms with Crippen LogP contribution in [0.3, 0.4) is 0 Å². The highest BCUT2D eigenvalue weighted by molar-refractivity contribution is 5.70. The quantitative estimate of drug-likeness (QED) is 0.784. The monoisotopic (exact) mass is 228 g/mol. The molecule has 1 aliphatic rings. The lowest BCUT2D eigenvalue weighted by atomic mass is 9.95. The first-order chi connectivity index (χ1) is 8.25. The van der Waals surface area contributed by atoms with Crippen LogP contribution in [-0.2, 0) is 0 Å². The van der Waals surface area contributed by atoms with Crippen molar-refractivity contribution in [3.8, 4) is 0 Å². The molecule has 88 valence electrons. The van der Waals surface area contributed by atoms with Crippen molar-refractivity contribution in [1.29, 1.82) is 0 Å².